The third-order valence-electron chi connectivity index (χ3n) is 4.82. The van der Waals surface area contributed by atoms with Crippen LogP contribution in [0.5, 0.6) is 0 Å². The molecule has 2 N–H and O–H groups in total. The van der Waals surface area contributed by atoms with Gasteiger partial charge in [0.1, 0.15) is 0 Å². The molecular formula is C24H31N5O. The van der Waals surface area contributed by atoms with Gasteiger partial charge in [-0.15, -0.1) is 0 Å². The van der Waals surface area contributed by atoms with E-state index >= 15 is 0 Å². The summed E-state index contributed by atoms with van der Waals surface area (Å²) in [7, 11) is 1.79. The van der Waals surface area contributed by atoms with E-state index in [9.17, 15) is 0 Å². The fourth-order valence-corrected chi connectivity index (χ4v) is 3.17. The molecule has 30 heavy (non-hydrogen) atoms. The normalized spacial score (nSPS) is 11.4. The standard InChI is InChI=1S/C24H31N5O/c1-25-24(26-14-8-17-30-18-13-21-9-3-2-4-10-21)27-19-22-11-5-6-12-23(22)20-29-16-7-15-28-29/h2-7,9-12,15-16H,8,13-14,17-20H2,1H3,(H2,25,26,27). The Morgan fingerprint density at radius 3 is 2.53 bits per heavy atom. The van der Waals surface area contributed by atoms with Crippen molar-refractivity contribution in [2.24, 2.45) is 4.99 Å². The van der Waals surface area contributed by atoms with Gasteiger partial charge in [0, 0.05) is 39.1 Å². The molecule has 0 saturated carbocycles. The second-order valence-corrected chi connectivity index (χ2v) is 7.03. The van der Waals surface area contributed by atoms with E-state index in [0.717, 1.165) is 45.1 Å². The van der Waals surface area contributed by atoms with Crippen molar-refractivity contribution in [3.05, 3.63) is 89.7 Å². The topological polar surface area (TPSA) is 63.5 Å². The van der Waals surface area contributed by atoms with E-state index in [1.54, 1.807) is 13.2 Å². The summed E-state index contributed by atoms with van der Waals surface area (Å²) in [5.74, 6) is 0.799. The molecule has 0 amide bonds. The quantitative estimate of drug-likeness (QED) is 0.292. The zero-order valence-corrected chi connectivity index (χ0v) is 17.6. The van der Waals surface area contributed by atoms with Gasteiger partial charge in [-0.3, -0.25) is 9.67 Å². The highest BCUT2D eigenvalue weighted by molar-refractivity contribution is 5.79. The maximum absolute atomic E-state index is 5.74. The van der Waals surface area contributed by atoms with Gasteiger partial charge >= 0.3 is 0 Å². The third kappa shape index (κ3) is 7.37. The number of rotatable bonds is 11. The number of hydrogen-bond acceptors (Lipinski definition) is 3. The molecule has 0 radical (unpaired) electrons. The monoisotopic (exact) mass is 405 g/mol. The summed E-state index contributed by atoms with van der Waals surface area (Å²) in [6, 6.07) is 20.8. The number of aromatic nitrogens is 2. The van der Waals surface area contributed by atoms with Crippen LogP contribution < -0.4 is 10.6 Å². The zero-order valence-electron chi connectivity index (χ0n) is 17.6. The van der Waals surface area contributed by atoms with Crippen molar-refractivity contribution < 1.29 is 4.74 Å². The van der Waals surface area contributed by atoms with Gasteiger partial charge < -0.3 is 15.4 Å². The van der Waals surface area contributed by atoms with Crippen LogP contribution in [-0.2, 0) is 24.2 Å². The fraction of sp³-hybridized carbons (Fsp3) is 0.333. The zero-order chi connectivity index (χ0) is 20.9. The van der Waals surface area contributed by atoms with Crippen molar-refractivity contribution in [2.45, 2.75) is 25.9 Å². The van der Waals surface area contributed by atoms with E-state index in [2.05, 4.69) is 69.3 Å². The minimum atomic E-state index is 0.713. The number of guanidine groups is 1. The molecule has 6 nitrogen and oxygen atoms in total. The molecule has 0 atom stereocenters. The highest BCUT2D eigenvalue weighted by atomic mass is 16.5. The van der Waals surface area contributed by atoms with Gasteiger partial charge in [-0.1, -0.05) is 54.6 Å². The number of nitrogens with zero attached hydrogens (tertiary/aromatic N) is 3. The van der Waals surface area contributed by atoms with Gasteiger partial charge in [-0.2, -0.15) is 5.10 Å². The Morgan fingerprint density at radius 2 is 1.77 bits per heavy atom. The second kappa shape index (κ2) is 12.4. The maximum atomic E-state index is 5.74. The minimum Gasteiger partial charge on any atom is -0.381 e. The first-order chi connectivity index (χ1) is 14.8. The SMILES string of the molecule is CN=C(NCCCOCCc1ccccc1)NCc1ccccc1Cn1cccn1. The molecule has 3 aromatic rings. The number of ether oxygens (including phenoxy) is 1. The van der Waals surface area contributed by atoms with Crippen molar-refractivity contribution >= 4 is 5.96 Å². The van der Waals surface area contributed by atoms with Crippen LogP contribution in [0.4, 0.5) is 0 Å². The van der Waals surface area contributed by atoms with E-state index in [1.807, 2.05) is 23.0 Å². The number of aliphatic imine (C=N–C) groups is 1. The molecule has 0 bridgehead atoms. The van der Waals surface area contributed by atoms with Crippen LogP contribution in [0.25, 0.3) is 0 Å². The molecule has 3 rings (SSSR count). The first-order valence-electron chi connectivity index (χ1n) is 10.5. The van der Waals surface area contributed by atoms with Gasteiger partial charge in [0.15, 0.2) is 5.96 Å². The van der Waals surface area contributed by atoms with Crippen LogP contribution in [0.3, 0.4) is 0 Å². The Hall–Kier alpha value is -3.12. The minimum absolute atomic E-state index is 0.713. The van der Waals surface area contributed by atoms with E-state index in [4.69, 9.17) is 4.74 Å². The molecule has 0 fully saturated rings. The average molecular weight is 406 g/mol. The molecule has 0 aliphatic heterocycles. The highest BCUT2D eigenvalue weighted by Crippen LogP contribution is 2.10. The Bertz CT molecular complexity index is 878. The van der Waals surface area contributed by atoms with Crippen molar-refractivity contribution in [3.63, 3.8) is 0 Å². The number of hydrogen-bond donors (Lipinski definition) is 2. The summed E-state index contributed by atoms with van der Waals surface area (Å²) in [6.45, 7) is 3.79. The van der Waals surface area contributed by atoms with Gasteiger partial charge in [0.05, 0.1) is 13.2 Å². The Balaban J connectivity index is 1.33. The van der Waals surface area contributed by atoms with Gasteiger partial charge in [0.25, 0.3) is 0 Å². The molecule has 0 unspecified atom stereocenters. The summed E-state index contributed by atoms with van der Waals surface area (Å²) >= 11 is 0. The van der Waals surface area contributed by atoms with Gasteiger partial charge in [-0.25, -0.2) is 0 Å². The molecule has 0 spiro atoms. The summed E-state index contributed by atoms with van der Waals surface area (Å²) in [5, 5.41) is 11.1. The van der Waals surface area contributed by atoms with Crippen molar-refractivity contribution in [1.29, 1.82) is 0 Å². The smallest absolute Gasteiger partial charge is 0.191 e. The lowest BCUT2D eigenvalue weighted by Gasteiger charge is -2.14. The Morgan fingerprint density at radius 1 is 0.967 bits per heavy atom. The van der Waals surface area contributed by atoms with Crippen LogP contribution in [0.2, 0.25) is 0 Å². The molecule has 1 aromatic heterocycles. The molecule has 1 heterocycles. The average Bonchev–Trinajstić information content (AvgIpc) is 3.30. The van der Waals surface area contributed by atoms with Crippen LogP contribution in [0.1, 0.15) is 23.1 Å². The van der Waals surface area contributed by atoms with Crippen LogP contribution in [-0.4, -0.2) is 42.5 Å². The maximum Gasteiger partial charge on any atom is 0.191 e. The largest absolute Gasteiger partial charge is 0.381 e. The summed E-state index contributed by atoms with van der Waals surface area (Å²) in [4.78, 5) is 4.32. The first-order valence-corrected chi connectivity index (χ1v) is 10.5. The van der Waals surface area contributed by atoms with Crippen molar-refractivity contribution in [1.82, 2.24) is 20.4 Å². The lowest BCUT2D eigenvalue weighted by molar-refractivity contribution is 0.135. The predicted octanol–water partition coefficient (Wildman–Crippen LogP) is 3.25. The van der Waals surface area contributed by atoms with Gasteiger partial charge in [0.2, 0.25) is 0 Å². The van der Waals surface area contributed by atoms with E-state index in [1.165, 1.54) is 16.7 Å². The summed E-state index contributed by atoms with van der Waals surface area (Å²) in [6.07, 6.45) is 5.67. The Labute approximate surface area is 179 Å². The first kappa shape index (κ1) is 21.6. The van der Waals surface area contributed by atoms with Crippen LogP contribution >= 0.6 is 0 Å². The van der Waals surface area contributed by atoms with Crippen LogP contribution in [0.15, 0.2) is 78.0 Å². The third-order valence-corrected chi connectivity index (χ3v) is 4.82. The van der Waals surface area contributed by atoms with Gasteiger partial charge in [-0.05, 0) is 35.6 Å². The molecule has 2 aromatic carbocycles. The molecule has 6 heteroatoms. The predicted molar refractivity (Wildman–Crippen MR) is 122 cm³/mol. The second-order valence-electron chi connectivity index (χ2n) is 7.03. The van der Waals surface area contributed by atoms with E-state index < -0.39 is 0 Å². The highest BCUT2D eigenvalue weighted by Gasteiger charge is 2.04. The van der Waals surface area contributed by atoms with E-state index in [0.29, 0.717) is 6.54 Å². The molecule has 158 valence electrons. The molecule has 0 aliphatic rings. The fourth-order valence-electron chi connectivity index (χ4n) is 3.17. The lowest BCUT2D eigenvalue weighted by Crippen LogP contribution is -2.37. The van der Waals surface area contributed by atoms with Crippen molar-refractivity contribution in [2.75, 3.05) is 26.8 Å². The summed E-state index contributed by atoms with van der Waals surface area (Å²) < 4.78 is 7.67. The number of nitrogens with one attached hydrogen (secondary N) is 2. The lowest BCUT2D eigenvalue weighted by atomic mass is 10.1. The van der Waals surface area contributed by atoms with Crippen molar-refractivity contribution in [3.8, 4) is 0 Å². The molecule has 0 saturated heterocycles. The number of benzene rings is 2. The molecule has 0 aliphatic carbocycles. The Kier molecular flexibility index (Phi) is 8.95. The summed E-state index contributed by atoms with van der Waals surface area (Å²) in [5.41, 5.74) is 3.80. The van der Waals surface area contributed by atoms with E-state index in [-0.39, 0.29) is 0 Å². The molecular weight excluding hydrogens is 374 g/mol. The van der Waals surface area contributed by atoms with Crippen LogP contribution in [0, 0.1) is 0 Å².